The van der Waals surface area contributed by atoms with Gasteiger partial charge in [0.1, 0.15) is 5.69 Å². The van der Waals surface area contributed by atoms with E-state index in [0.717, 1.165) is 4.88 Å². The van der Waals surface area contributed by atoms with Crippen LogP contribution in [-0.2, 0) is 0 Å². The van der Waals surface area contributed by atoms with E-state index in [4.69, 9.17) is 5.84 Å². The highest BCUT2D eigenvalue weighted by Crippen LogP contribution is 2.17. The van der Waals surface area contributed by atoms with Gasteiger partial charge in [0.25, 0.3) is 5.91 Å². The van der Waals surface area contributed by atoms with Crippen LogP contribution < -0.4 is 16.6 Å². The highest BCUT2D eigenvalue weighted by atomic mass is 32.1. The molecule has 88 valence electrons. The molecule has 2 aromatic rings. The van der Waals surface area contributed by atoms with Crippen molar-refractivity contribution >= 4 is 28.2 Å². The van der Waals surface area contributed by atoms with E-state index in [1.807, 2.05) is 6.92 Å². The largest absolute Gasteiger partial charge is 0.307 e. The van der Waals surface area contributed by atoms with Crippen molar-refractivity contribution in [3.05, 3.63) is 29.2 Å². The topological polar surface area (TPSA) is 106 Å². The second-order valence-corrected chi connectivity index (χ2v) is 4.40. The van der Waals surface area contributed by atoms with Crippen LogP contribution in [0.4, 0.5) is 10.9 Å². The maximum atomic E-state index is 11.8. The summed E-state index contributed by atoms with van der Waals surface area (Å²) in [7, 11) is 0. The van der Waals surface area contributed by atoms with Crippen LogP contribution in [-0.4, -0.2) is 20.9 Å². The molecule has 2 rings (SSSR count). The van der Waals surface area contributed by atoms with Crippen molar-refractivity contribution in [1.82, 2.24) is 15.0 Å². The first-order chi connectivity index (χ1) is 8.19. The van der Waals surface area contributed by atoms with Gasteiger partial charge in [-0.25, -0.2) is 15.8 Å². The SMILES string of the molecule is Cc1cnc(NC(=O)c2cncc(NN)n2)s1. The summed E-state index contributed by atoms with van der Waals surface area (Å²) in [6.45, 7) is 1.91. The third kappa shape index (κ3) is 2.74. The van der Waals surface area contributed by atoms with Gasteiger partial charge in [0.15, 0.2) is 10.9 Å². The highest BCUT2D eigenvalue weighted by Gasteiger charge is 2.10. The van der Waals surface area contributed by atoms with E-state index in [0.29, 0.717) is 10.9 Å². The first-order valence-electron chi connectivity index (χ1n) is 4.71. The Bertz CT molecular complexity index is 540. The van der Waals surface area contributed by atoms with Crippen LogP contribution >= 0.6 is 11.3 Å². The second-order valence-electron chi connectivity index (χ2n) is 3.16. The number of carbonyl (C=O) groups excluding carboxylic acids is 1. The molecule has 0 radical (unpaired) electrons. The molecule has 2 aromatic heterocycles. The average molecular weight is 250 g/mol. The van der Waals surface area contributed by atoms with Crippen molar-refractivity contribution in [3.8, 4) is 0 Å². The van der Waals surface area contributed by atoms with Gasteiger partial charge in [0.2, 0.25) is 0 Å². The van der Waals surface area contributed by atoms with Crippen molar-refractivity contribution in [1.29, 1.82) is 0 Å². The molecule has 0 bridgehead atoms. The van der Waals surface area contributed by atoms with E-state index < -0.39 is 0 Å². The minimum absolute atomic E-state index is 0.174. The van der Waals surface area contributed by atoms with Gasteiger partial charge in [-0.15, -0.1) is 11.3 Å². The van der Waals surface area contributed by atoms with Gasteiger partial charge < -0.3 is 5.43 Å². The maximum absolute atomic E-state index is 11.8. The van der Waals surface area contributed by atoms with Crippen molar-refractivity contribution < 1.29 is 4.79 Å². The van der Waals surface area contributed by atoms with Gasteiger partial charge in [-0.3, -0.25) is 15.1 Å². The molecule has 0 spiro atoms. The van der Waals surface area contributed by atoms with Crippen LogP contribution in [0.25, 0.3) is 0 Å². The van der Waals surface area contributed by atoms with Gasteiger partial charge in [0, 0.05) is 11.1 Å². The van der Waals surface area contributed by atoms with E-state index in [9.17, 15) is 4.79 Å². The van der Waals surface area contributed by atoms with E-state index in [1.165, 1.54) is 23.7 Å². The molecule has 0 atom stereocenters. The number of amides is 1. The number of hydrogen-bond acceptors (Lipinski definition) is 7. The molecule has 17 heavy (non-hydrogen) atoms. The fraction of sp³-hybridized carbons (Fsp3) is 0.111. The zero-order valence-electron chi connectivity index (χ0n) is 8.97. The molecule has 0 aliphatic carbocycles. The third-order valence-corrected chi connectivity index (χ3v) is 2.69. The van der Waals surface area contributed by atoms with Gasteiger partial charge in [-0.1, -0.05) is 0 Å². The molecule has 0 fully saturated rings. The number of hydrazine groups is 1. The molecule has 2 heterocycles. The van der Waals surface area contributed by atoms with Crippen molar-refractivity contribution in [2.24, 2.45) is 5.84 Å². The summed E-state index contributed by atoms with van der Waals surface area (Å²) in [6.07, 6.45) is 4.46. The van der Waals surface area contributed by atoms with E-state index in [2.05, 4.69) is 25.7 Å². The molecule has 4 N–H and O–H groups in total. The first-order valence-corrected chi connectivity index (χ1v) is 5.53. The van der Waals surface area contributed by atoms with Gasteiger partial charge in [0.05, 0.1) is 12.4 Å². The average Bonchev–Trinajstić information content (AvgIpc) is 2.75. The zero-order chi connectivity index (χ0) is 12.3. The lowest BCUT2D eigenvalue weighted by atomic mass is 10.4. The molecule has 0 saturated heterocycles. The fourth-order valence-corrected chi connectivity index (χ4v) is 1.78. The fourth-order valence-electron chi connectivity index (χ4n) is 1.12. The number of aryl methyl sites for hydroxylation is 1. The van der Waals surface area contributed by atoms with Crippen LogP contribution in [0.15, 0.2) is 18.6 Å². The van der Waals surface area contributed by atoms with Gasteiger partial charge in [-0.05, 0) is 6.92 Å². The van der Waals surface area contributed by atoms with Crippen molar-refractivity contribution in [2.75, 3.05) is 10.7 Å². The normalized spacial score (nSPS) is 10.0. The lowest BCUT2D eigenvalue weighted by Gasteiger charge is -2.02. The van der Waals surface area contributed by atoms with E-state index in [-0.39, 0.29) is 11.6 Å². The Balaban J connectivity index is 2.14. The van der Waals surface area contributed by atoms with Crippen molar-refractivity contribution in [2.45, 2.75) is 6.92 Å². The number of hydrogen-bond donors (Lipinski definition) is 3. The number of nitrogens with two attached hydrogens (primary N) is 1. The first kappa shape index (κ1) is 11.4. The minimum atomic E-state index is -0.371. The quantitative estimate of drug-likeness (QED) is 0.549. The van der Waals surface area contributed by atoms with Crippen LogP contribution in [0.3, 0.4) is 0 Å². The lowest BCUT2D eigenvalue weighted by Crippen LogP contribution is -2.16. The summed E-state index contributed by atoms with van der Waals surface area (Å²) in [6, 6.07) is 0. The summed E-state index contributed by atoms with van der Waals surface area (Å²) in [5.41, 5.74) is 2.50. The van der Waals surface area contributed by atoms with Crippen LogP contribution in [0.1, 0.15) is 15.4 Å². The Kier molecular flexibility index (Phi) is 3.26. The summed E-state index contributed by atoms with van der Waals surface area (Å²) in [5, 5.41) is 3.16. The van der Waals surface area contributed by atoms with Gasteiger partial charge >= 0.3 is 0 Å². The molecule has 0 saturated carbocycles. The molecule has 0 unspecified atom stereocenters. The number of rotatable bonds is 3. The Hall–Kier alpha value is -2.06. The summed E-state index contributed by atoms with van der Waals surface area (Å²) >= 11 is 1.39. The maximum Gasteiger partial charge on any atom is 0.277 e. The van der Waals surface area contributed by atoms with E-state index in [1.54, 1.807) is 6.20 Å². The number of nitrogens with one attached hydrogen (secondary N) is 2. The molecule has 1 amide bonds. The van der Waals surface area contributed by atoms with Crippen LogP contribution in [0.5, 0.6) is 0 Å². The molecule has 0 aromatic carbocycles. The second kappa shape index (κ2) is 4.85. The zero-order valence-corrected chi connectivity index (χ0v) is 9.78. The van der Waals surface area contributed by atoms with Crippen LogP contribution in [0, 0.1) is 6.92 Å². The molecule has 7 nitrogen and oxygen atoms in total. The Morgan fingerprint density at radius 1 is 1.41 bits per heavy atom. The number of carbonyl (C=O) groups is 1. The molecule has 8 heteroatoms. The Morgan fingerprint density at radius 2 is 2.24 bits per heavy atom. The van der Waals surface area contributed by atoms with Crippen molar-refractivity contribution in [3.63, 3.8) is 0 Å². The smallest absolute Gasteiger partial charge is 0.277 e. The molecule has 0 aliphatic rings. The van der Waals surface area contributed by atoms with Gasteiger partial charge in [-0.2, -0.15) is 0 Å². The van der Waals surface area contributed by atoms with E-state index >= 15 is 0 Å². The standard InChI is InChI=1S/C9H10N6OS/c1-5-2-12-9(17-5)14-8(16)6-3-11-4-7(13-6)15-10/h2-4H,10H2,1H3,(H,13,15)(H,12,14,16). The van der Waals surface area contributed by atoms with Crippen LogP contribution in [0.2, 0.25) is 0 Å². The number of thiazole rings is 1. The molecule has 0 aliphatic heterocycles. The minimum Gasteiger partial charge on any atom is -0.307 e. The predicted molar refractivity (Wildman–Crippen MR) is 64.6 cm³/mol. The third-order valence-electron chi connectivity index (χ3n) is 1.86. The summed E-state index contributed by atoms with van der Waals surface area (Å²) < 4.78 is 0. The summed E-state index contributed by atoms with van der Waals surface area (Å²) in [4.78, 5) is 24.6. The Labute approximate surface area is 101 Å². The Morgan fingerprint density at radius 3 is 2.88 bits per heavy atom. The number of aromatic nitrogens is 3. The predicted octanol–water partition coefficient (Wildman–Crippen LogP) is 0.779. The molecular weight excluding hydrogens is 240 g/mol. The monoisotopic (exact) mass is 250 g/mol. The number of anilines is 2. The molecular formula is C9H10N6OS. The highest BCUT2D eigenvalue weighted by molar-refractivity contribution is 7.15. The number of nitrogens with zero attached hydrogens (tertiary/aromatic N) is 3. The summed E-state index contributed by atoms with van der Waals surface area (Å²) in [5.74, 6) is 5.14. The lowest BCUT2D eigenvalue weighted by molar-refractivity contribution is 0.102. The number of nitrogen functional groups attached to an aromatic ring is 1.